The molecule has 0 aromatic rings. The fourth-order valence-corrected chi connectivity index (χ4v) is 1.54. The van der Waals surface area contributed by atoms with Crippen LogP contribution in [0.1, 0.15) is 34.1 Å². The predicted octanol–water partition coefficient (Wildman–Crippen LogP) is -2.41. The smallest absolute Gasteiger partial charge is 0.300 e. The molecule has 1 aliphatic heterocycles. The monoisotopic (exact) mass is 415 g/mol. The third-order valence-corrected chi connectivity index (χ3v) is 2.55. The number of aliphatic hydroxyl groups excluding tert-OH is 4. The second kappa shape index (κ2) is 16.8. The summed E-state index contributed by atoms with van der Waals surface area (Å²) in [5, 5.41) is 62.0. The summed E-state index contributed by atoms with van der Waals surface area (Å²) in [6.45, 7) is 4.34. The summed E-state index contributed by atoms with van der Waals surface area (Å²) in [7, 11) is 0. The van der Waals surface area contributed by atoms with E-state index in [0.29, 0.717) is 0 Å². The van der Waals surface area contributed by atoms with Crippen LogP contribution in [0.3, 0.4) is 0 Å². The van der Waals surface area contributed by atoms with Crippen LogP contribution in [-0.4, -0.2) is 96.8 Å². The van der Waals surface area contributed by atoms with Gasteiger partial charge in [0.05, 0.1) is 6.61 Å². The molecule has 0 spiro atoms. The minimum Gasteiger partial charge on any atom is -0.481 e. The lowest BCUT2D eigenvalue weighted by Crippen LogP contribution is -2.64. The van der Waals surface area contributed by atoms with Crippen molar-refractivity contribution < 1.29 is 59.7 Å². The molecule has 1 amide bonds. The molecule has 13 heteroatoms. The van der Waals surface area contributed by atoms with Crippen LogP contribution >= 0.6 is 0 Å². The number of carboxylic acid groups (broad SMARTS) is 3. The molecular weight excluding hydrogens is 386 g/mol. The van der Waals surface area contributed by atoms with E-state index < -0.39 is 55.2 Å². The highest BCUT2D eigenvalue weighted by molar-refractivity contribution is 5.76. The normalized spacial score (nSPS) is 25.2. The van der Waals surface area contributed by atoms with Gasteiger partial charge in [0, 0.05) is 27.2 Å². The minimum atomic E-state index is -1.45. The Labute approximate surface area is 161 Å². The number of amides is 1. The molecule has 0 bridgehead atoms. The molecular formula is C15H29NO12. The van der Waals surface area contributed by atoms with Crippen molar-refractivity contribution in [1.82, 2.24) is 5.32 Å². The fourth-order valence-electron chi connectivity index (χ4n) is 1.54. The lowest BCUT2D eigenvalue weighted by atomic mass is 9.97. The first-order valence-electron chi connectivity index (χ1n) is 7.89. The van der Waals surface area contributed by atoms with Gasteiger partial charge >= 0.3 is 0 Å². The number of rotatable bonds is 3. The molecule has 1 fully saturated rings. The Morgan fingerprint density at radius 2 is 1.21 bits per heavy atom. The van der Waals surface area contributed by atoms with Gasteiger partial charge in [-0.2, -0.15) is 0 Å². The van der Waals surface area contributed by atoms with Crippen LogP contribution in [0.2, 0.25) is 0 Å². The summed E-state index contributed by atoms with van der Waals surface area (Å²) in [6.07, 6.45) is -5.05. The Hall–Kier alpha value is -2.32. The van der Waals surface area contributed by atoms with Gasteiger partial charge in [-0.15, -0.1) is 0 Å². The van der Waals surface area contributed by atoms with Gasteiger partial charge in [-0.05, 0) is 0 Å². The molecule has 1 heterocycles. The van der Waals surface area contributed by atoms with E-state index >= 15 is 0 Å². The molecule has 0 saturated carbocycles. The maximum absolute atomic E-state index is 11.1. The van der Waals surface area contributed by atoms with E-state index in [-0.39, 0.29) is 12.3 Å². The zero-order valence-electron chi connectivity index (χ0n) is 16.0. The molecule has 5 atom stereocenters. The summed E-state index contributed by atoms with van der Waals surface area (Å²) in [5.41, 5.74) is 0. The summed E-state index contributed by atoms with van der Waals surface area (Å²) in [4.78, 5) is 38.1. The standard InChI is InChI=1S/C9H17NO6.3C2H4O2/c1-2-5(12)10-6-8(14)7(13)4(3-11)16-9(6)15;3*1-2(3)4/h4,6-9,11,13-15H,2-3H2,1H3,(H,10,12);3*1H3,(H,3,4)/t4-,6-,7+,8-,9?;;;/m1.../s1. The molecule has 0 aromatic carbocycles. The van der Waals surface area contributed by atoms with Crippen molar-refractivity contribution in [2.24, 2.45) is 0 Å². The summed E-state index contributed by atoms with van der Waals surface area (Å²) >= 11 is 0. The van der Waals surface area contributed by atoms with Crippen LogP contribution in [0.4, 0.5) is 0 Å². The number of hydrogen-bond acceptors (Lipinski definition) is 9. The Balaban J connectivity index is -0.000000427. The highest BCUT2D eigenvalue weighted by atomic mass is 16.6. The lowest BCUT2D eigenvalue weighted by molar-refractivity contribution is -0.253. The SMILES string of the molecule is CC(=O)O.CC(=O)O.CC(=O)O.CCC(=O)N[C@H]1C(O)O[C@H](CO)[C@H](O)[C@@H]1O. The van der Waals surface area contributed by atoms with Crippen LogP contribution in [-0.2, 0) is 23.9 Å². The van der Waals surface area contributed by atoms with E-state index in [1.165, 1.54) is 0 Å². The molecule has 1 unspecified atom stereocenters. The van der Waals surface area contributed by atoms with Crippen molar-refractivity contribution in [1.29, 1.82) is 0 Å². The largest absolute Gasteiger partial charge is 0.481 e. The van der Waals surface area contributed by atoms with Crippen LogP contribution < -0.4 is 5.32 Å². The van der Waals surface area contributed by atoms with Gasteiger partial charge in [0.25, 0.3) is 17.9 Å². The molecule has 8 N–H and O–H groups in total. The summed E-state index contributed by atoms with van der Waals surface area (Å²) in [6, 6.07) is -1.09. The zero-order chi connectivity index (χ0) is 23.0. The predicted molar refractivity (Wildman–Crippen MR) is 92.1 cm³/mol. The summed E-state index contributed by atoms with van der Waals surface area (Å²) < 4.78 is 4.86. The topological polar surface area (TPSA) is 231 Å². The first-order valence-corrected chi connectivity index (χ1v) is 7.89. The highest BCUT2D eigenvalue weighted by Crippen LogP contribution is 2.19. The molecule has 0 radical (unpaired) electrons. The van der Waals surface area contributed by atoms with Gasteiger partial charge in [-0.1, -0.05) is 6.92 Å². The van der Waals surface area contributed by atoms with Crippen LogP contribution in [0.25, 0.3) is 0 Å². The van der Waals surface area contributed by atoms with Crippen molar-refractivity contribution in [2.45, 2.75) is 64.8 Å². The molecule has 166 valence electrons. The number of carboxylic acids is 3. The molecule has 28 heavy (non-hydrogen) atoms. The second-order valence-electron chi connectivity index (χ2n) is 5.23. The van der Waals surface area contributed by atoms with Gasteiger partial charge in [-0.3, -0.25) is 19.2 Å². The van der Waals surface area contributed by atoms with Gasteiger partial charge in [-0.25, -0.2) is 0 Å². The third kappa shape index (κ3) is 18.5. The van der Waals surface area contributed by atoms with Crippen molar-refractivity contribution >= 4 is 23.8 Å². The minimum absolute atomic E-state index is 0.190. The number of carbonyl (C=O) groups is 4. The van der Waals surface area contributed by atoms with Crippen molar-refractivity contribution in [3.8, 4) is 0 Å². The summed E-state index contributed by atoms with van der Waals surface area (Å²) in [5.74, 6) is -2.87. The lowest BCUT2D eigenvalue weighted by Gasteiger charge is -2.40. The Morgan fingerprint density at radius 1 is 0.857 bits per heavy atom. The first kappa shape index (κ1) is 30.4. The average Bonchev–Trinajstić information content (AvgIpc) is 2.53. The molecule has 1 aliphatic rings. The van der Waals surface area contributed by atoms with Gasteiger partial charge in [0.1, 0.15) is 24.4 Å². The van der Waals surface area contributed by atoms with Gasteiger partial charge < -0.3 is 45.8 Å². The van der Waals surface area contributed by atoms with Crippen molar-refractivity contribution in [3.05, 3.63) is 0 Å². The van der Waals surface area contributed by atoms with E-state index in [9.17, 15) is 20.1 Å². The second-order valence-corrected chi connectivity index (χ2v) is 5.23. The van der Waals surface area contributed by atoms with Crippen molar-refractivity contribution in [2.75, 3.05) is 6.61 Å². The maximum atomic E-state index is 11.1. The Morgan fingerprint density at radius 3 is 1.50 bits per heavy atom. The van der Waals surface area contributed by atoms with Crippen LogP contribution in [0.15, 0.2) is 0 Å². The first-order chi connectivity index (χ1) is 12.7. The number of aliphatic hydroxyl groups is 4. The van der Waals surface area contributed by atoms with E-state index in [1.807, 2.05) is 0 Å². The van der Waals surface area contributed by atoms with Gasteiger partial charge in [0.15, 0.2) is 6.29 Å². The number of nitrogens with one attached hydrogen (secondary N) is 1. The third-order valence-electron chi connectivity index (χ3n) is 2.55. The van der Waals surface area contributed by atoms with E-state index in [2.05, 4.69) is 5.32 Å². The quantitative estimate of drug-likeness (QED) is 0.241. The molecule has 1 saturated heterocycles. The fraction of sp³-hybridized carbons (Fsp3) is 0.733. The maximum Gasteiger partial charge on any atom is 0.300 e. The highest BCUT2D eigenvalue weighted by Gasteiger charge is 2.44. The number of hydrogen-bond donors (Lipinski definition) is 8. The zero-order valence-corrected chi connectivity index (χ0v) is 16.0. The van der Waals surface area contributed by atoms with E-state index in [4.69, 9.17) is 39.5 Å². The molecule has 0 aromatic heterocycles. The number of carbonyl (C=O) groups excluding carboxylic acids is 1. The van der Waals surface area contributed by atoms with Crippen LogP contribution in [0.5, 0.6) is 0 Å². The van der Waals surface area contributed by atoms with E-state index in [0.717, 1.165) is 20.8 Å². The number of ether oxygens (including phenoxy) is 1. The molecule has 13 nitrogen and oxygen atoms in total. The number of aliphatic carboxylic acids is 3. The Kier molecular flexibility index (Phi) is 18.3. The van der Waals surface area contributed by atoms with E-state index in [1.54, 1.807) is 6.92 Å². The molecule has 0 aliphatic carbocycles. The molecule has 1 rings (SSSR count). The van der Waals surface area contributed by atoms with Crippen molar-refractivity contribution in [3.63, 3.8) is 0 Å². The van der Waals surface area contributed by atoms with Crippen LogP contribution in [0, 0.1) is 0 Å². The average molecular weight is 415 g/mol. The van der Waals surface area contributed by atoms with Gasteiger partial charge in [0.2, 0.25) is 5.91 Å². The Bertz CT molecular complexity index is 443.